The summed E-state index contributed by atoms with van der Waals surface area (Å²) in [5.41, 5.74) is 1.58. The molecule has 98 valence electrons. The number of hydrogen-bond acceptors (Lipinski definition) is 3. The lowest BCUT2D eigenvalue weighted by Crippen LogP contribution is -2.31. The Bertz CT molecular complexity index is 609. The number of pyridine rings is 1. The van der Waals surface area contributed by atoms with Gasteiger partial charge in [0.15, 0.2) is 0 Å². The van der Waals surface area contributed by atoms with Crippen molar-refractivity contribution < 1.29 is 0 Å². The molecule has 0 amide bonds. The van der Waals surface area contributed by atoms with Crippen LogP contribution in [0.3, 0.4) is 0 Å². The standard InChI is InChI=1S/C16H19N3/c1-4-13(5-2)19(3)16-10-12(11-17)14-8-6-7-9-15(14)18-16/h6-10,13H,4-5H2,1-3H3. The van der Waals surface area contributed by atoms with Crippen molar-refractivity contribution in [2.45, 2.75) is 32.7 Å². The molecule has 0 aliphatic carbocycles. The first kappa shape index (κ1) is 13.4. The van der Waals surface area contributed by atoms with Gasteiger partial charge in [-0.1, -0.05) is 32.0 Å². The molecule has 0 fully saturated rings. The van der Waals surface area contributed by atoms with Crippen LogP contribution in [0.1, 0.15) is 32.3 Å². The van der Waals surface area contributed by atoms with Crippen LogP contribution in [-0.4, -0.2) is 18.1 Å². The van der Waals surface area contributed by atoms with Crippen molar-refractivity contribution >= 4 is 16.7 Å². The maximum absolute atomic E-state index is 9.30. The molecule has 0 atom stereocenters. The normalized spacial score (nSPS) is 10.7. The molecular weight excluding hydrogens is 234 g/mol. The molecule has 2 rings (SSSR count). The first-order valence-electron chi connectivity index (χ1n) is 6.74. The van der Waals surface area contributed by atoms with E-state index >= 15 is 0 Å². The van der Waals surface area contributed by atoms with Gasteiger partial charge >= 0.3 is 0 Å². The summed E-state index contributed by atoms with van der Waals surface area (Å²) >= 11 is 0. The van der Waals surface area contributed by atoms with Gasteiger partial charge in [-0.05, 0) is 25.0 Å². The molecule has 0 N–H and O–H groups in total. The van der Waals surface area contributed by atoms with Gasteiger partial charge < -0.3 is 4.90 Å². The van der Waals surface area contributed by atoms with Crippen LogP contribution in [0.25, 0.3) is 10.9 Å². The van der Waals surface area contributed by atoms with E-state index < -0.39 is 0 Å². The van der Waals surface area contributed by atoms with E-state index in [-0.39, 0.29) is 0 Å². The Morgan fingerprint density at radius 2 is 1.95 bits per heavy atom. The summed E-state index contributed by atoms with van der Waals surface area (Å²) < 4.78 is 0. The molecule has 1 aromatic carbocycles. The highest BCUT2D eigenvalue weighted by Gasteiger charge is 2.14. The summed E-state index contributed by atoms with van der Waals surface area (Å²) in [6, 6.07) is 12.4. The number of aromatic nitrogens is 1. The zero-order chi connectivity index (χ0) is 13.8. The fourth-order valence-corrected chi connectivity index (χ4v) is 2.46. The van der Waals surface area contributed by atoms with Gasteiger partial charge in [0.25, 0.3) is 0 Å². The van der Waals surface area contributed by atoms with Crippen molar-refractivity contribution in [2.75, 3.05) is 11.9 Å². The molecule has 19 heavy (non-hydrogen) atoms. The predicted octanol–water partition coefficient (Wildman–Crippen LogP) is 3.73. The van der Waals surface area contributed by atoms with Crippen LogP contribution >= 0.6 is 0 Å². The summed E-state index contributed by atoms with van der Waals surface area (Å²) in [5.74, 6) is 0.879. The first-order valence-corrected chi connectivity index (χ1v) is 6.74. The summed E-state index contributed by atoms with van der Waals surface area (Å²) in [6.45, 7) is 4.35. The van der Waals surface area contributed by atoms with Gasteiger partial charge in [0, 0.05) is 18.5 Å². The molecule has 0 saturated carbocycles. The van der Waals surface area contributed by atoms with Crippen molar-refractivity contribution in [3.63, 3.8) is 0 Å². The summed E-state index contributed by atoms with van der Waals surface area (Å²) in [6.07, 6.45) is 2.15. The summed E-state index contributed by atoms with van der Waals surface area (Å²) in [7, 11) is 2.05. The highest BCUT2D eigenvalue weighted by molar-refractivity contribution is 5.86. The Labute approximate surface area is 114 Å². The molecule has 1 aromatic heterocycles. The number of anilines is 1. The fraction of sp³-hybridized carbons (Fsp3) is 0.375. The topological polar surface area (TPSA) is 39.9 Å². The SMILES string of the molecule is CCC(CC)N(C)c1cc(C#N)c2ccccc2n1. The van der Waals surface area contributed by atoms with E-state index in [0.29, 0.717) is 11.6 Å². The van der Waals surface area contributed by atoms with Crippen molar-refractivity contribution in [3.05, 3.63) is 35.9 Å². The van der Waals surface area contributed by atoms with Crippen LogP contribution in [0.4, 0.5) is 5.82 Å². The molecule has 0 aliphatic rings. The Morgan fingerprint density at radius 1 is 1.26 bits per heavy atom. The highest BCUT2D eigenvalue weighted by Crippen LogP contribution is 2.24. The van der Waals surface area contributed by atoms with Crippen LogP contribution in [0, 0.1) is 11.3 Å². The van der Waals surface area contributed by atoms with E-state index in [1.807, 2.05) is 30.3 Å². The Kier molecular flexibility index (Phi) is 4.01. The smallest absolute Gasteiger partial charge is 0.130 e. The van der Waals surface area contributed by atoms with Gasteiger partial charge in [0.05, 0.1) is 17.1 Å². The van der Waals surface area contributed by atoms with E-state index in [4.69, 9.17) is 0 Å². The number of fused-ring (bicyclic) bond motifs is 1. The molecule has 3 nitrogen and oxygen atoms in total. The number of nitrogens with zero attached hydrogens (tertiary/aromatic N) is 3. The summed E-state index contributed by atoms with van der Waals surface area (Å²) in [5, 5.41) is 10.2. The number of hydrogen-bond donors (Lipinski definition) is 0. The first-order chi connectivity index (χ1) is 9.21. The average molecular weight is 253 g/mol. The molecule has 0 bridgehead atoms. The molecule has 3 heteroatoms. The van der Waals surface area contributed by atoms with Gasteiger partial charge in [-0.25, -0.2) is 4.98 Å². The maximum atomic E-state index is 9.30. The van der Waals surface area contributed by atoms with E-state index in [1.165, 1.54) is 0 Å². The lowest BCUT2D eigenvalue weighted by atomic mass is 10.1. The third-order valence-electron chi connectivity index (χ3n) is 3.67. The maximum Gasteiger partial charge on any atom is 0.130 e. The van der Waals surface area contributed by atoms with Gasteiger partial charge in [0.2, 0.25) is 0 Å². The Balaban J connectivity index is 2.53. The van der Waals surface area contributed by atoms with Crippen LogP contribution in [0.15, 0.2) is 30.3 Å². The average Bonchev–Trinajstić information content (AvgIpc) is 2.47. The predicted molar refractivity (Wildman–Crippen MR) is 79.2 cm³/mol. The fourth-order valence-electron chi connectivity index (χ4n) is 2.46. The van der Waals surface area contributed by atoms with Gasteiger partial charge in [0.1, 0.15) is 5.82 Å². The lowest BCUT2D eigenvalue weighted by Gasteiger charge is -2.27. The third kappa shape index (κ3) is 2.53. The van der Waals surface area contributed by atoms with E-state index in [9.17, 15) is 5.26 Å². The monoisotopic (exact) mass is 253 g/mol. The van der Waals surface area contributed by atoms with Crippen LogP contribution in [-0.2, 0) is 0 Å². The second-order valence-electron chi connectivity index (χ2n) is 4.74. The van der Waals surface area contributed by atoms with E-state index in [1.54, 1.807) is 0 Å². The molecule has 0 saturated heterocycles. The lowest BCUT2D eigenvalue weighted by molar-refractivity contribution is 0.587. The minimum atomic E-state index is 0.459. The Hall–Kier alpha value is -2.08. The number of benzene rings is 1. The van der Waals surface area contributed by atoms with Crippen LogP contribution in [0.5, 0.6) is 0 Å². The molecule has 1 heterocycles. The van der Waals surface area contributed by atoms with E-state index in [0.717, 1.165) is 29.6 Å². The number of nitriles is 1. The Morgan fingerprint density at radius 3 is 2.58 bits per heavy atom. The van der Waals surface area contributed by atoms with Gasteiger partial charge in [-0.3, -0.25) is 0 Å². The largest absolute Gasteiger partial charge is 0.357 e. The van der Waals surface area contributed by atoms with Crippen LogP contribution < -0.4 is 4.90 Å². The van der Waals surface area contributed by atoms with Crippen molar-refractivity contribution in [3.8, 4) is 6.07 Å². The quantitative estimate of drug-likeness (QED) is 0.833. The minimum absolute atomic E-state index is 0.459. The molecular formula is C16H19N3. The molecule has 0 spiro atoms. The number of rotatable bonds is 4. The second-order valence-corrected chi connectivity index (χ2v) is 4.74. The minimum Gasteiger partial charge on any atom is -0.357 e. The zero-order valence-electron chi connectivity index (χ0n) is 11.7. The molecule has 0 radical (unpaired) electrons. The summed E-state index contributed by atoms with van der Waals surface area (Å²) in [4.78, 5) is 6.85. The van der Waals surface area contributed by atoms with Crippen molar-refractivity contribution in [1.82, 2.24) is 4.98 Å². The van der Waals surface area contributed by atoms with Gasteiger partial charge in [-0.2, -0.15) is 5.26 Å². The zero-order valence-corrected chi connectivity index (χ0v) is 11.7. The van der Waals surface area contributed by atoms with Gasteiger partial charge in [-0.15, -0.1) is 0 Å². The van der Waals surface area contributed by atoms with E-state index in [2.05, 4.69) is 36.8 Å². The second kappa shape index (κ2) is 5.71. The number of para-hydroxylation sites is 1. The molecule has 0 unspecified atom stereocenters. The van der Waals surface area contributed by atoms with Crippen molar-refractivity contribution in [2.24, 2.45) is 0 Å². The molecule has 2 aromatic rings. The van der Waals surface area contributed by atoms with Crippen LogP contribution in [0.2, 0.25) is 0 Å². The highest BCUT2D eigenvalue weighted by atomic mass is 15.2. The third-order valence-corrected chi connectivity index (χ3v) is 3.67. The van der Waals surface area contributed by atoms with Crippen molar-refractivity contribution in [1.29, 1.82) is 5.26 Å². The molecule has 0 aliphatic heterocycles.